The van der Waals surface area contributed by atoms with Crippen LogP contribution >= 0.6 is 15.9 Å². The number of carbonyl (C=O) groups excluding carboxylic acids is 1. The van der Waals surface area contributed by atoms with Crippen molar-refractivity contribution in [2.45, 2.75) is 13.0 Å². The number of hydrogen-bond donors (Lipinski definition) is 1. The van der Waals surface area contributed by atoms with E-state index in [0.717, 1.165) is 46.7 Å². The highest BCUT2D eigenvalue weighted by atomic mass is 79.9. The Morgan fingerprint density at radius 3 is 3.00 bits per heavy atom. The van der Waals surface area contributed by atoms with Crippen LogP contribution in [0.25, 0.3) is 11.0 Å². The van der Waals surface area contributed by atoms with Gasteiger partial charge in [-0.1, -0.05) is 12.1 Å². The zero-order valence-electron chi connectivity index (χ0n) is 13.9. The molecule has 2 aliphatic heterocycles. The predicted molar refractivity (Wildman–Crippen MR) is 101 cm³/mol. The van der Waals surface area contributed by atoms with Crippen LogP contribution in [-0.2, 0) is 17.7 Å². The Kier molecular flexibility index (Phi) is 3.59. The largest absolute Gasteiger partial charge is 0.447 e. The fraction of sp³-hybridized carbons (Fsp3) is 0.278. The molecule has 0 radical (unpaired) electrons. The Bertz CT molecular complexity index is 1020. The molecule has 2 aliphatic rings. The Labute approximate surface area is 158 Å². The van der Waals surface area contributed by atoms with Crippen LogP contribution in [0, 0.1) is 0 Å². The maximum Gasteiger partial charge on any atom is 0.414 e. The third-order valence-corrected chi connectivity index (χ3v) is 5.39. The van der Waals surface area contributed by atoms with Crippen LogP contribution in [0.15, 0.2) is 35.2 Å². The standard InChI is InChI=1S/C18H16BrN5O2/c19-15-8-13-16(22-15)20-10-21-17(13)23-5-4-12-11(9-23)2-1-3-14(12)24-6-7-26-18(24)25/h1-3,8,10H,4-7,9H2,(H,20,21,22). The molecule has 4 heterocycles. The number of hydrogen-bond acceptors (Lipinski definition) is 5. The van der Waals surface area contributed by atoms with Gasteiger partial charge in [0.15, 0.2) is 0 Å². The second-order valence-corrected chi connectivity index (χ2v) is 7.28. The van der Waals surface area contributed by atoms with Gasteiger partial charge in [0.1, 0.15) is 24.4 Å². The van der Waals surface area contributed by atoms with Crippen molar-refractivity contribution in [2.24, 2.45) is 0 Å². The molecule has 0 aliphatic carbocycles. The number of H-pyrrole nitrogens is 1. The highest BCUT2D eigenvalue weighted by Gasteiger charge is 2.29. The summed E-state index contributed by atoms with van der Waals surface area (Å²) in [4.78, 5) is 28.0. The number of rotatable bonds is 2. The Hall–Kier alpha value is -2.61. The van der Waals surface area contributed by atoms with Gasteiger partial charge in [-0.15, -0.1) is 0 Å². The minimum Gasteiger partial charge on any atom is -0.447 e. The summed E-state index contributed by atoms with van der Waals surface area (Å²) in [7, 11) is 0. The number of nitrogens with one attached hydrogen (secondary N) is 1. The Balaban J connectivity index is 1.51. The molecule has 1 fully saturated rings. The summed E-state index contributed by atoms with van der Waals surface area (Å²) in [6, 6.07) is 8.15. The minimum absolute atomic E-state index is 0.254. The lowest BCUT2D eigenvalue weighted by Gasteiger charge is -2.32. The van der Waals surface area contributed by atoms with E-state index >= 15 is 0 Å². The maximum absolute atomic E-state index is 12.0. The van der Waals surface area contributed by atoms with Gasteiger partial charge in [-0.2, -0.15) is 0 Å². The number of ether oxygens (including phenoxy) is 1. The highest BCUT2D eigenvalue weighted by molar-refractivity contribution is 9.10. The van der Waals surface area contributed by atoms with Gasteiger partial charge in [0.25, 0.3) is 0 Å². The van der Waals surface area contributed by atoms with Crippen LogP contribution in [0.5, 0.6) is 0 Å². The van der Waals surface area contributed by atoms with E-state index in [1.807, 2.05) is 18.2 Å². The molecule has 8 heteroatoms. The fourth-order valence-electron chi connectivity index (χ4n) is 3.78. The number of benzene rings is 1. The average molecular weight is 414 g/mol. The van der Waals surface area contributed by atoms with Gasteiger partial charge in [-0.3, -0.25) is 4.90 Å². The molecular formula is C18H16BrN5O2. The predicted octanol–water partition coefficient (Wildman–Crippen LogP) is 3.24. The van der Waals surface area contributed by atoms with Crippen LogP contribution in [0.4, 0.5) is 16.3 Å². The van der Waals surface area contributed by atoms with Gasteiger partial charge in [-0.25, -0.2) is 14.8 Å². The topological polar surface area (TPSA) is 74.3 Å². The van der Waals surface area contributed by atoms with Crippen LogP contribution < -0.4 is 9.80 Å². The molecule has 0 spiro atoms. The number of fused-ring (bicyclic) bond motifs is 2. The first-order chi connectivity index (χ1) is 12.7. The molecule has 3 aromatic rings. The van der Waals surface area contributed by atoms with Crippen molar-refractivity contribution in [3.05, 3.63) is 46.3 Å². The van der Waals surface area contributed by atoms with E-state index in [0.29, 0.717) is 13.2 Å². The van der Waals surface area contributed by atoms with Crippen molar-refractivity contribution in [3.8, 4) is 0 Å². The zero-order valence-corrected chi connectivity index (χ0v) is 15.5. The average Bonchev–Trinajstić information content (AvgIpc) is 3.24. The second-order valence-electron chi connectivity index (χ2n) is 6.43. The lowest BCUT2D eigenvalue weighted by atomic mass is 9.97. The molecule has 7 nitrogen and oxygen atoms in total. The summed E-state index contributed by atoms with van der Waals surface area (Å²) < 4.78 is 5.99. The van der Waals surface area contributed by atoms with Gasteiger partial charge >= 0.3 is 6.09 Å². The first kappa shape index (κ1) is 15.6. The molecule has 26 heavy (non-hydrogen) atoms. The molecule has 0 bridgehead atoms. The molecule has 0 saturated carbocycles. The molecule has 5 rings (SSSR count). The van der Waals surface area contributed by atoms with E-state index in [2.05, 4.69) is 41.8 Å². The van der Waals surface area contributed by atoms with Crippen molar-refractivity contribution in [1.82, 2.24) is 15.0 Å². The van der Waals surface area contributed by atoms with Crippen LogP contribution in [0.1, 0.15) is 11.1 Å². The summed E-state index contributed by atoms with van der Waals surface area (Å²) in [5, 5.41) is 1.00. The van der Waals surface area contributed by atoms with Crippen LogP contribution in [0.3, 0.4) is 0 Å². The molecule has 132 valence electrons. The number of nitrogens with zero attached hydrogens (tertiary/aromatic N) is 4. The molecule has 0 atom stereocenters. The summed E-state index contributed by atoms with van der Waals surface area (Å²) >= 11 is 3.47. The number of halogens is 1. The van der Waals surface area contributed by atoms with Crippen molar-refractivity contribution in [1.29, 1.82) is 0 Å². The summed E-state index contributed by atoms with van der Waals surface area (Å²) in [6.07, 6.45) is 2.19. The highest BCUT2D eigenvalue weighted by Crippen LogP contribution is 2.34. The summed E-state index contributed by atoms with van der Waals surface area (Å²) in [5.74, 6) is 0.925. The van der Waals surface area contributed by atoms with E-state index in [1.165, 1.54) is 11.1 Å². The number of cyclic esters (lactones) is 1. The quantitative estimate of drug-likeness (QED) is 0.697. The Morgan fingerprint density at radius 1 is 1.23 bits per heavy atom. The SMILES string of the molecule is O=C1OCCN1c1cccc2c1CCN(c1ncnc3[nH]c(Br)cc13)C2. The van der Waals surface area contributed by atoms with Crippen molar-refractivity contribution in [3.63, 3.8) is 0 Å². The van der Waals surface area contributed by atoms with Crippen molar-refractivity contribution >= 4 is 44.6 Å². The molecule has 1 aromatic carbocycles. The molecule has 1 saturated heterocycles. The fourth-order valence-corrected chi connectivity index (χ4v) is 4.20. The zero-order chi connectivity index (χ0) is 17.7. The molecule has 1 amide bonds. The number of carbonyl (C=O) groups is 1. The molecule has 1 N–H and O–H groups in total. The van der Waals surface area contributed by atoms with Gasteiger partial charge in [0.05, 0.1) is 22.2 Å². The number of amides is 1. The lowest BCUT2D eigenvalue weighted by molar-refractivity contribution is 0.181. The van der Waals surface area contributed by atoms with E-state index in [9.17, 15) is 4.79 Å². The molecular weight excluding hydrogens is 398 g/mol. The van der Waals surface area contributed by atoms with Crippen molar-refractivity contribution in [2.75, 3.05) is 29.5 Å². The van der Waals surface area contributed by atoms with Crippen LogP contribution in [0.2, 0.25) is 0 Å². The van der Waals surface area contributed by atoms with Gasteiger partial charge in [0.2, 0.25) is 0 Å². The smallest absolute Gasteiger partial charge is 0.414 e. The third kappa shape index (κ3) is 2.44. The van der Waals surface area contributed by atoms with Crippen LogP contribution in [-0.4, -0.2) is 40.7 Å². The monoisotopic (exact) mass is 413 g/mol. The molecule has 2 aromatic heterocycles. The van der Waals surface area contributed by atoms with E-state index in [4.69, 9.17) is 4.74 Å². The number of aromatic nitrogens is 3. The normalized spacial score (nSPS) is 16.9. The summed E-state index contributed by atoms with van der Waals surface area (Å²) in [6.45, 7) is 2.65. The van der Waals surface area contributed by atoms with Gasteiger partial charge in [-0.05, 0) is 45.6 Å². The number of aromatic amines is 1. The molecule has 0 unspecified atom stereocenters. The third-order valence-electron chi connectivity index (χ3n) is 4.96. The first-order valence-electron chi connectivity index (χ1n) is 8.50. The summed E-state index contributed by atoms with van der Waals surface area (Å²) in [5.41, 5.74) is 4.24. The van der Waals surface area contributed by atoms with Crippen molar-refractivity contribution < 1.29 is 9.53 Å². The Morgan fingerprint density at radius 2 is 2.15 bits per heavy atom. The first-order valence-corrected chi connectivity index (χ1v) is 9.29. The van der Waals surface area contributed by atoms with E-state index in [1.54, 1.807) is 11.2 Å². The van der Waals surface area contributed by atoms with E-state index in [-0.39, 0.29) is 6.09 Å². The maximum atomic E-state index is 12.0. The second kappa shape index (κ2) is 5.98. The van der Waals surface area contributed by atoms with Gasteiger partial charge < -0.3 is 14.6 Å². The lowest BCUT2D eigenvalue weighted by Crippen LogP contribution is -2.33. The minimum atomic E-state index is -0.254. The van der Waals surface area contributed by atoms with E-state index < -0.39 is 0 Å². The van der Waals surface area contributed by atoms with Gasteiger partial charge in [0, 0.05) is 13.1 Å². The number of anilines is 2.